The van der Waals surface area contributed by atoms with Crippen LogP contribution in [0.3, 0.4) is 0 Å². The summed E-state index contributed by atoms with van der Waals surface area (Å²) in [4.78, 5) is 11.2. The number of amides is 1. The summed E-state index contributed by atoms with van der Waals surface area (Å²) in [6.45, 7) is 3.91. The molecule has 0 aliphatic rings. The van der Waals surface area contributed by atoms with Crippen LogP contribution >= 0.6 is 0 Å². The van der Waals surface area contributed by atoms with Crippen molar-refractivity contribution in [2.45, 2.75) is 26.7 Å². The lowest BCUT2D eigenvalue weighted by atomic mass is 10.1. The fraction of sp³-hybridized carbons (Fsp3) is 0.267. The lowest BCUT2D eigenvalue weighted by molar-refractivity contribution is -0.115. The van der Waals surface area contributed by atoms with Gasteiger partial charge in [0.2, 0.25) is 5.91 Å². The molecule has 1 amide bonds. The highest BCUT2D eigenvalue weighted by atomic mass is 16.1. The van der Waals surface area contributed by atoms with Crippen molar-refractivity contribution < 1.29 is 4.79 Å². The number of carbonyl (C=O) groups is 1. The molecule has 0 aliphatic heterocycles. The van der Waals surface area contributed by atoms with Crippen molar-refractivity contribution in [2.75, 3.05) is 10.6 Å². The average Bonchev–Trinajstić information content (AvgIpc) is 2.50. The van der Waals surface area contributed by atoms with Crippen LogP contribution in [0.15, 0.2) is 36.4 Å². The van der Waals surface area contributed by atoms with Crippen molar-refractivity contribution in [3.8, 4) is 0 Å². The summed E-state index contributed by atoms with van der Waals surface area (Å²) in [5.74, 6) is 1.03. The normalized spacial score (nSPS) is 10.1. The molecule has 2 aromatic rings. The molecule has 104 valence electrons. The first kappa shape index (κ1) is 14.0. The predicted molar refractivity (Wildman–Crippen MR) is 80.1 cm³/mol. The highest BCUT2D eigenvalue weighted by molar-refractivity contribution is 5.89. The van der Waals surface area contributed by atoms with Crippen LogP contribution < -0.4 is 10.6 Å². The predicted octanol–water partition coefficient (Wildman–Crippen LogP) is 3.13. The minimum absolute atomic E-state index is 0.0739. The second-order valence-corrected chi connectivity index (χ2v) is 4.38. The van der Waals surface area contributed by atoms with E-state index in [-0.39, 0.29) is 5.91 Å². The Morgan fingerprint density at radius 1 is 1.00 bits per heavy atom. The highest BCUT2D eigenvalue weighted by Crippen LogP contribution is 2.15. The molecule has 1 aromatic carbocycles. The van der Waals surface area contributed by atoms with E-state index in [0.29, 0.717) is 18.1 Å². The van der Waals surface area contributed by atoms with Gasteiger partial charge in [0.15, 0.2) is 11.6 Å². The van der Waals surface area contributed by atoms with E-state index in [4.69, 9.17) is 0 Å². The van der Waals surface area contributed by atoms with E-state index in [1.54, 1.807) is 19.1 Å². The van der Waals surface area contributed by atoms with Crippen molar-refractivity contribution >= 4 is 23.2 Å². The summed E-state index contributed by atoms with van der Waals surface area (Å²) in [5, 5.41) is 13.8. The quantitative estimate of drug-likeness (QED) is 0.876. The third-order valence-electron chi connectivity index (χ3n) is 2.89. The minimum atomic E-state index is -0.0739. The molecule has 0 spiro atoms. The van der Waals surface area contributed by atoms with Gasteiger partial charge in [-0.05, 0) is 36.2 Å². The topological polar surface area (TPSA) is 66.9 Å². The monoisotopic (exact) mass is 270 g/mol. The van der Waals surface area contributed by atoms with E-state index >= 15 is 0 Å². The molecule has 5 nitrogen and oxygen atoms in total. The molecular formula is C15H18N4O. The lowest BCUT2D eigenvalue weighted by Gasteiger charge is -2.07. The summed E-state index contributed by atoms with van der Waals surface area (Å²) in [7, 11) is 0. The maximum atomic E-state index is 11.2. The molecule has 0 radical (unpaired) electrons. The largest absolute Gasteiger partial charge is 0.339 e. The Bertz CT molecular complexity index is 563. The van der Waals surface area contributed by atoms with Crippen LogP contribution in [0.5, 0.6) is 0 Å². The van der Waals surface area contributed by atoms with Crippen molar-refractivity contribution in [3.63, 3.8) is 0 Å². The Hall–Kier alpha value is -2.43. The van der Waals surface area contributed by atoms with E-state index < -0.39 is 0 Å². The molecule has 0 bridgehead atoms. The summed E-state index contributed by atoms with van der Waals surface area (Å²) < 4.78 is 0. The molecule has 0 fully saturated rings. The van der Waals surface area contributed by atoms with Gasteiger partial charge in [-0.1, -0.05) is 26.0 Å². The highest BCUT2D eigenvalue weighted by Gasteiger charge is 2.02. The minimum Gasteiger partial charge on any atom is -0.339 e. The Balaban J connectivity index is 2.00. The molecule has 0 aliphatic carbocycles. The number of anilines is 3. The van der Waals surface area contributed by atoms with Gasteiger partial charge in [-0.25, -0.2) is 0 Å². The van der Waals surface area contributed by atoms with Gasteiger partial charge < -0.3 is 10.6 Å². The van der Waals surface area contributed by atoms with E-state index in [0.717, 1.165) is 12.1 Å². The van der Waals surface area contributed by atoms with Crippen molar-refractivity contribution in [3.05, 3.63) is 42.0 Å². The fourth-order valence-electron chi connectivity index (χ4n) is 1.67. The summed E-state index contributed by atoms with van der Waals surface area (Å²) in [6, 6.07) is 11.7. The zero-order valence-corrected chi connectivity index (χ0v) is 11.7. The standard InChI is InChI=1S/C15H18N4O/c1-3-11-5-7-12(8-6-11)16-13-9-10-14(19-18-13)17-15(20)4-2/h5-10H,3-4H2,1-2H3,(H,16,18)(H,17,19,20). The second kappa shape index (κ2) is 6.65. The van der Waals surface area contributed by atoms with Crippen LogP contribution in [0.1, 0.15) is 25.8 Å². The van der Waals surface area contributed by atoms with Gasteiger partial charge >= 0.3 is 0 Å². The third kappa shape index (κ3) is 3.78. The molecule has 0 unspecified atom stereocenters. The van der Waals surface area contributed by atoms with Crippen molar-refractivity contribution in [1.82, 2.24) is 10.2 Å². The number of rotatable bonds is 5. The molecule has 0 atom stereocenters. The lowest BCUT2D eigenvalue weighted by Crippen LogP contribution is -2.11. The van der Waals surface area contributed by atoms with Crippen LogP contribution in [-0.4, -0.2) is 16.1 Å². The Morgan fingerprint density at radius 3 is 2.20 bits per heavy atom. The molecule has 1 aromatic heterocycles. The molecule has 0 saturated carbocycles. The first-order valence-electron chi connectivity index (χ1n) is 6.70. The molecule has 2 rings (SSSR count). The zero-order chi connectivity index (χ0) is 14.4. The smallest absolute Gasteiger partial charge is 0.225 e. The summed E-state index contributed by atoms with van der Waals surface area (Å²) >= 11 is 0. The summed E-state index contributed by atoms with van der Waals surface area (Å²) in [5.41, 5.74) is 2.25. The first-order chi connectivity index (χ1) is 9.71. The van der Waals surface area contributed by atoms with E-state index in [1.165, 1.54) is 5.56 Å². The maximum Gasteiger partial charge on any atom is 0.225 e. The van der Waals surface area contributed by atoms with Gasteiger partial charge in [0.05, 0.1) is 0 Å². The van der Waals surface area contributed by atoms with Crippen LogP contribution in [0.2, 0.25) is 0 Å². The van der Waals surface area contributed by atoms with E-state index in [9.17, 15) is 4.79 Å². The first-order valence-corrected chi connectivity index (χ1v) is 6.70. The van der Waals surface area contributed by atoms with Crippen LogP contribution in [-0.2, 0) is 11.2 Å². The van der Waals surface area contributed by atoms with E-state index in [2.05, 4.69) is 39.9 Å². The number of nitrogens with zero attached hydrogens (tertiary/aromatic N) is 2. The number of nitrogens with one attached hydrogen (secondary N) is 2. The summed E-state index contributed by atoms with van der Waals surface area (Å²) in [6.07, 6.45) is 1.44. The van der Waals surface area contributed by atoms with Gasteiger partial charge in [-0.15, -0.1) is 10.2 Å². The molecule has 0 saturated heterocycles. The van der Waals surface area contributed by atoms with E-state index in [1.807, 2.05) is 12.1 Å². The Morgan fingerprint density at radius 2 is 1.65 bits per heavy atom. The number of hydrogen-bond donors (Lipinski definition) is 2. The van der Waals surface area contributed by atoms with Crippen LogP contribution in [0.25, 0.3) is 0 Å². The second-order valence-electron chi connectivity index (χ2n) is 4.38. The number of aromatic nitrogens is 2. The van der Waals surface area contributed by atoms with Crippen LogP contribution in [0.4, 0.5) is 17.3 Å². The average molecular weight is 270 g/mol. The molecule has 2 N–H and O–H groups in total. The van der Waals surface area contributed by atoms with Gasteiger partial charge in [-0.3, -0.25) is 4.79 Å². The van der Waals surface area contributed by atoms with Gasteiger partial charge in [-0.2, -0.15) is 0 Å². The number of carbonyl (C=O) groups excluding carboxylic acids is 1. The Labute approximate surface area is 118 Å². The van der Waals surface area contributed by atoms with Crippen LogP contribution in [0, 0.1) is 0 Å². The number of hydrogen-bond acceptors (Lipinski definition) is 4. The van der Waals surface area contributed by atoms with Crippen molar-refractivity contribution in [1.29, 1.82) is 0 Å². The Kier molecular flexibility index (Phi) is 4.65. The number of benzene rings is 1. The molecule has 1 heterocycles. The molecule has 20 heavy (non-hydrogen) atoms. The maximum absolute atomic E-state index is 11.2. The number of aryl methyl sites for hydroxylation is 1. The van der Waals surface area contributed by atoms with Gasteiger partial charge in [0.1, 0.15) is 0 Å². The van der Waals surface area contributed by atoms with Gasteiger partial charge in [0, 0.05) is 12.1 Å². The fourth-order valence-corrected chi connectivity index (χ4v) is 1.67. The SMILES string of the molecule is CCC(=O)Nc1ccc(Nc2ccc(CC)cc2)nn1. The third-order valence-corrected chi connectivity index (χ3v) is 2.89. The van der Waals surface area contributed by atoms with Gasteiger partial charge in [0.25, 0.3) is 0 Å². The molecule has 5 heteroatoms. The molecular weight excluding hydrogens is 252 g/mol. The zero-order valence-electron chi connectivity index (χ0n) is 11.7. The van der Waals surface area contributed by atoms with Crippen molar-refractivity contribution in [2.24, 2.45) is 0 Å².